The van der Waals surface area contributed by atoms with E-state index in [4.69, 9.17) is 0 Å². The Morgan fingerprint density at radius 3 is 1.38 bits per heavy atom. The Kier molecular flexibility index (Phi) is 3.49. The van der Waals surface area contributed by atoms with Crippen LogP contribution in [0.15, 0.2) is 66.7 Å². The SMILES string of the molecule is Cc1cc(C)c(-c2ccccc2)c(O)c1-c1ccccc1. The van der Waals surface area contributed by atoms with Crippen LogP contribution in [0.1, 0.15) is 11.1 Å². The molecule has 0 heterocycles. The first-order chi connectivity index (χ1) is 10.2. The third kappa shape index (κ3) is 2.43. The lowest BCUT2D eigenvalue weighted by atomic mass is 9.90. The number of hydrogen-bond acceptors (Lipinski definition) is 1. The zero-order chi connectivity index (χ0) is 14.8. The molecule has 1 heteroatoms. The first-order valence-electron chi connectivity index (χ1n) is 7.12. The van der Waals surface area contributed by atoms with Gasteiger partial charge in [-0.25, -0.2) is 0 Å². The van der Waals surface area contributed by atoms with Gasteiger partial charge in [0.25, 0.3) is 0 Å². The molecule has 0 amide bonds. The van der Waals surface area contributed by atoms with Crippen molar-refractivity contribution in [1.29, 1.82) is 0 Å². The van der Waals surface area contributed by atoms with Gasteiger partial charge < -0.3 is 5.11 Å². The van der Waals surface area contributed by atoms with Crippen molar-refractivity contribution in [2.45, 2.75) is 13.8 Å². The van der Waals surface area contributed by atoms with Crippen molar-refractivity contribution in [3.05, 3.63) is 77.9 Å². The van der Waals surface area contributed by atoms with Gasteiger partial charge >= 0.3 is 0 Å². The summed E-state index contributed by atoms with van der Waals surface area (Å²) in [6, 6.07) is 22.2. The van der Waals surface area contributed by atoms with Gasteiger partial charge in [-0.1, -0.05) is 66.7 Å². The monoisotopic (exact) mass is 274 g/mol. The smallest absolute Gasteiger partial charge is 0.131 e. The summed E-state index contributed by atoms with van der Waals surface area (Å²) in [7, 11) is 0. The predicted molar refractivity (Wildman–Crippen MR) is 88.5 cm³/mol. The van der Waals surface area contributed by atoms with Crippen LogP contribution in [0.3, 0.4) is 0 Å². The van der Waals surface area contributed by atoms with E-state index in [1.807, 2.05) is 74.5 Å². The van der Waals surface area contributed by atoms with Gasteiger partial charge in [0.05, 0.1) is 0 Å². The first kappa shape index (κ1) is 13.4. The van der Waals surface area contributed by atoms with Crippen LogP contribution in [-0.2, 0) is 0 Å². The molecule has 0 aliphatic carbocycles. The highest BCUT2D eigenvalue weighted by Gasteiger charge is 2.16. The zero-order valence-electron chi connectivity index (χ0n) is 12.3. The lowest BCUT2D eigenvalue weighted by Gasteiger charge is -2.16. The van der Waals surface area contributed by atoms with E-state index in [-0.39, 0.29) is 0 Å². The number of phenols is 1. The van der Waals surface area contributed by atoms with Crippen LogP contribution in [0, 0.1) is 13.8 Å². The Hall–Kier alpha value is -2.54. The van der Waals surface area contributed by atoms with Crippen molar-refractivity contribution in [3.63, 3.8) is 0 Å². The maximum atomic E-state index is 10.9. The Labute approximate surface area is 125 Å². The molecule has 0 atom stereocenters. The van der Waals surface area contributed by atoms with E-state index in [1.165, 1.54) is 0 Å². The molecule has 1 nitrogen and oxygen atoms in total. The van der Waals surface area contributed by atoms with E-state index in [1.54, 1.807) is 0 Å². The Bertz CT molecular complexity index is 695. The molecule has 104 valence electrons. The third-order valence-corrected chi connectivity index (χ3v) is 3.82. The normalized spacial score (nSPS) is 10.6. The highest BCUT2D eigenvalue weighted by Crippen LogP contribution is 2.42. The number of hydrogen-bond donors (Lipinski definition) is 1. The van der Waals surface area contributed by atoms with E-state index in [0.717, 1.165) is 33.4 Å². The second-order valence-corrected chi connectivity index (χ2v) is 5.34. The molecule has 21 heavy (non-hydrogen) atoms. The molecule has 3 aromatic rings. The van der Waals surface area contributed by atoms with Gasteiger partial charge in [-0.3, -0.25) is 0 Å². The van der Waals surface area contributed by atoms with Gasteiger partial charge in [0.1, 0.15) is 5.75 Å². The molecule has 0 radical (unpaired) electrons. The summed E-state index contributed by atoms with van der Waals surface area (Å²) in [6.45, 7) is 4.09. The summed E-state index contributed by atoms with van der Waals surface area (Å²) in [5.41, 5.74) is 6.11. The quantitative estimate of drug-likeness (QED) is 0.668. The van der Waals surface area contributed by atoms with Gasteiger partial charge in [-0.15, -0.1) is 0 Å². The molecule has 0 aliphatic heterocycles. The van der Waals surface area contributed by atoms with E-state index in [9.17, 15) is 5.11 Å². The predicted octanol–water partition coefficient (Wildman–Crippen LogP) is 5.34. The van der Waals surface area contributed by atoms with Crippen LogP contribution in [0.25, 0.3) is 22.3 Å². The van der Waals surface area contributed by atoms with Crippen LogP contribution in [-0.4, -0.2) is 5.11 Å². The van der Waals surface area contributed by atoms with Crippen molar-refractivity contribution in [2.24, 2.45) is 0 Å². The van der Waals surface area contributed by atoms with Crippen molar-refractivity contribution in [1.82, 2.24) is 0 Å². The summed E-state index contributed by atoms with van der Waals surface area (Å²) in [4.78, 5) is 0. The lowest BCUT2D eigenvalue weighted by molar-refractivity contribution is 0.478. The fraction of sp³-hybridized carbons (Fsp3) is 0.100. The van der Waals surface area contributed by atoms with Crippen molar-refractivity contribution in [2.75, 3.05) is 0 Å². The van der Waals surface area contributed by atoms with E-state index in [0.29, 0.717) is 5.75 Å². The second-order valence-electron chi connectivity index (χ2n) is 5.34. The number of phenolic OH excluding ortho intramolecular Hbond substituents is 1. The first-order valence-corrected chi connectivity index (χ1v) is 7.12. The number of benzene rings is 3. The summed E-state index contributed by atoms with van der Waals surface area (Å²) in [5, 5.41) is 10.9. The molecule has 1 N–H and O–H groups in total. The minimum Gasteiger partial charge on any atom is -0.507 e. The number of rotatable bonds is 2. The van der Waals surface area contributed by atoms with Crippen LogP contribution in [0.5, 0.6) is 5.75 Å². The van der Waals surface area contributed by atoms with Gasteiger partial charge in [0.15, 0.2) is 0 Å². The van der Waals surface area contributed by atoms with Gasteiger partial charge in [0.2, 0.25) is 0 Å². The average Bonchev–Trinajstić information content (AvgIpc) is 2.49. The Morgan fingerprint density at radius 1 is 0.619 bits per heavy atom. The molecule has 0 saturated carbocycles. The maximum absolute atomic E-state index is 10.9. The van der Waals surface area contributed by atoms with E-state index >= 15 is 0 Å². The highest BCUT2D eigenvalue weighted by molar-refractivity contribution is 5.86. The van der Waals surface area contributed by atoms with Gasteiger partial charge in [-0.05, 0) is 36.1 Å². The standard InChI is InChI=1S/C20H18O/c1-14-13-15(2)19(17-11-7-4-8-12-17)20(21)18(14)16-9-5-3-6-10-16/h3-13,21H,1-2H3. The average molecular weight is 274 g/mol. The van der Waals surface area contributed by atoms with E-state index < -0.39 is 0 Å². The van der Waals surface area contributed by atoms with Crippen molar-refractivity contribution >= 4 is 0 Å². The second kappa shape index (κ2) is 5.45. The molecule has 3 rings (SSSR count). The molecule has 0 fully saturated rings. The third-order valence-electron chi connectivity index (χ3n) is 3.82. The van der Waals surface area contributed by atoms with Crippen LogP contribution in [0.4, 0.5) is 0 Å². The fourth-order valence-corrected chi connectivity index (χ4v) is 2.91. The molecule has 0 saturated heterocycles. The Morgan fingerprint density at radius 2 is 1.00 bits per heavy atom. The number of aryl methyl sites for hydroxylation is 2. The Balaban J connectivity index is 2.29. The highest BCUT2D eigenvalue weighted by atomic mass is 16.3. The molecule has 3 aromatic carbocycles. The molecular weight excluding hydrogens is 256 g/mol. The minimum absolute atomic E-state index is 0.366. The summed E-state index contributed by atoms with van der Waals surface area (Å²) < 4.78 is 0. The fourth-order valence-electron chi connectivity index (χ4n) is 2.91. The lowest BCUT2D eigenvalue weighted by Crippen LogP contribution is -1.92. The maximum Gasteiger partial charge on any atom is 0.131 e. The van der Waals surface area contributed by atoms with Gasteiger partial charge in [0, 0.05) is 11.1 Å². The van der Waals surface area contributed by atoms with E-state index in [2.05, 4.69) is 6.07 Å². The van der Waals surface area contributed by atoms with Crippen molar-refractivity contribution < 1.29 is 5.11 Å². The van der Waals surface area contributed by atoms with Crippen LogP contribution in [0.2, 0.25) is 0 Å². The molecule has 0 aromatic heterocycles. The summed E-state index contributed by atoms with van der Waals surface area (Å²) in [6.07, 6.45) is 0. The molecule has 0 bridgehead atoms. The zero-order valence-corrected chi connectivity index (χ0v) is 12.3. The summed E-state index contributed by atoms with van der Waals surface area (Å²) >= 11 is 0. The van der Waals surface area contributed by atoms with Crippen LogP contribution >= 0.6 is 0 Å². The minimum atomic E-state index is 0.366. The topological polar surface area (TPSA) is 20.2 Å². The largest absolute Gasteiger partial charge is 0.507 e. The molecule has 0 unspecified atom stereocenters. The molecule has 0 aliphatic rings. The van der Waals surface area contributed by atoms with Crippen LogP contribution < -0.4 is 0 Å². The van der Waals surface area contributed by atoms with Gasteiger partial charge in [-0.2, -0.15) is 0 Å². The van der Waals surface area contributed by atoms with Crippen molar-refractivity contribution in [3.8, 4) is 28.0 Å². The molecular formula is C20H18O. The number of aromatic hydroxyl groups is 1. The summed E-state index contributed by atoms with van der Waals surface area (Å²) in [5.74, 6) is 0.366. The molecule has 0 spiro atoms.